The van der Waals surface area contributed by atoms with Crippen molar-refractivity contribution in [2.24, 2.45) is 0 Å². The molecule has 0 N–H and O–H groups in total. The number of hydrogen-bond donors (Lipinski definition) is 0. The Bertz CT molecular complexity index is 1130. The van der Waals surface area contributed by atoms with E-state index in [4.69, 9.17) is 26.3 Å². The standard InChI is InChI=1S/C26H31ClN4O/c1-17(2)25-20-12-14-31(23-11-5-8-18-7-4-10-21(27)24(18)23)15-22(20)28-26(29-25)32-16-19-9-6-13-30(19)3/h4-5,7-8,10-11,17,19H,6,9,12-16H2,1-3H3. The number of nitrogens with zero attached hydrogens (tertiary/aromatic N) is 4. The molecule has 0 saturated carbocycles. The summed E-state index contributed by atoms with van der Waals surface area (Å²) in [5.74, 6) is 0.335. The number of rotatable bonds is 5. The average Bonchev–Trinajstić information content (AvgIpc) is 3.21. The summed E-state index contributed by atoms with van der Waals surface area (Å²) >= 11 is 6.61. The normalized spacial score (nSPS) is 19.0. The van der Waals surface area contributed by atoms with E-state index in [0.717, 1.165) is 53.2 Å². The predicted octanol–water partition coefficient (Wildman–Crippen LogP) is 5.44. The molecule has 32 heavy (non-hydrogen) atoms. The Morgan fingerprint density at radius 3 is 2.69 bits per heavy atom. The molecule has 0 aliphatic carbocycles. The lowest BCUT2D eigenvalue weighted by molar-refractivity contribution is 0.186. The second-order valence-electron chi connectivity index (χ2n) is 9.35. The second kappa shape index (κ2) is 8.87. The molecule has 2 aromatic carbocycles. The first-order valence-corrected chi connectivity index (χ1v) is 12.0. The summed E-state index contributed by atoms with van der Waals surface area (Å²) in [6, 6.07) is 13.5. The number of ether oxygens (including phenoxy) is 1. The maximum atomic E-state index is 6.61. The van der Waals surface area contributed by atoms with E-state index in [2.05, 4.69) is 55.0 Å². The summed E-state index contributed by atoms with van der Waals surface area (Å²) in [6.07, 6.45) is 3.33. The lowest BCUT2D eigenvalue weighted by atomic mass is 9.96. The van der Waals surface area contributed by atoms with Crippen LogP contribution >= 0.6 is 11.6 Å². The molecule has 5 rings (SSSR count). The molecule has 0 radical (unpaired) electrons. The number of anilines is 1. The summed E-state index contributed by atoms with van der Waals surface area (Å²) < 4.78 is 6.14. The largest absolute Gasteiger partial charge is 0.462 e. The van der Waals surface area contributed by atoms with Crippen molar-refractivity contribution in [3.8, 4) is 6.01 Å². The van der Waals surface area contributed by atoms with Crippen LogP contribution < -0.4 is 9.64 Å². The molecule has 168 valence electrons. The van der Waals surface area contributed by atoms with Gasteiger partial charge >= 0.3 is 6.01 Å². The topological polar surface area (TPSA) is 41.5 Å². The van der Waals surface area contributed by atoms with Crippen LogP contribution in [0.25, 0.3) is 10.8 Å². The minimum absolute atomic E-state index is 0.335. The molecular weight excluding hydrogens is 420 g/mol. The minimum Gasteiger partial charge on any atom is -0.462 e. The van der Waals surface area contributed by atoms with Gasteiger partial charge in [-0.2, -0.15) is 9.97 Å². The Morgan fingerprint density at radius 2 is 1.94 bits per heavy atom. The number of benzene rings is 2. The van der Waals surface area contributed by atoms with Crippen molar-refractivity contribution in [1.29, 1.82) is 0 Å². The Kier molecular flexibility index (Phi) is 5.95. The average molecular weight is 451 g/mol. The van der Waals surface area contributed by atoms with Crippen molar-refractivity contribution in [3.63, 3.8) is 0 Å². The zero-order valence-electron chi connectivity index (χ0n) is 19.1. The van der Waals surface area contributed by atoms with E-state index in [1.807, 2.05) is 12.1 Å². The van der Waals surface area contributed by atoms with Crippen molar-refractivity contribution in [1.82, 2.24) is 14.9 Å². The van der Waals surface area contributed by atoms with Gasteiger partial charge in [0.05, 0.1) is 23.0 Å². The number of fused-ring (bicyclic) bond motifs is 2. The van der Waals surface area contributed by atoms with E-state index in [-0.39, 0.29) is 0 Å². The lowest BCUT2D eigenvalue weighted by Gasteiger charge is -2.32. The van der Waals surface area contributed by atoms with Crippen molar-refractivity contribution < 1.29 is 4.74 Å². The monoisotopic (exact) mass is 450 g/mol. The first kappa shape index (κ1) is 21.5. The van der Waals surface area contributed by atoms with E-state index < -0.39 is 0 Å². The van der Waals surface area contributed by atoms with Crippen LogP contribution in [0.15, 0.2) is 36.4 Å². The van der Waals surface area contributed by atoms with Crippen LogP contribution in [0.1, 0.15) is 49.6 Å². The summed E-state index contributed by atoms with van der Waals surface area (Å²) in [5.41, 5.74) is 4.65. The van der Waals surface area contributed by atoms with Crippen LogP contribution in [0.4, 0.5) is 5.69 Å². The van der Waals surface area contributed by atoms with Crippen LogP contribution in [0.5, 0.6) is 6.01 Å². The predicted molar refractivity (Wildman–Crippen MR) is 131 cm³/mol. The molecule has 0 amide bonds. The number of likely N-dealkylation sites (tertiary alicyclic amines) is 1. The lowest BCUT2D eigenvalue weighted by Crippen LogP contribution is -2.33. The smallest absolute Gasteiger partial charge is 0.316 e. The third-order valence-corrected chi connectivity index (χ3v) is 7.19. The number of likely N-dealkylation sites (N-methyl/N-ethyl adjacent to an activating group) is 1. The molecule has 3 heterocycles. The van der Waals surface area contributed by atoms with Gasteiger partial charge in [-0.15, -0.1) is 0 Å². The van der Waals surface area contributed by atoms with Gasteiger partial charge in [-0.05, 0) is 61.9 Å². The first-order valence-electron chi connectivity index (χ1n) is 11.7. The molecule has 5 nitrogen and oxygen atoms in total. The van der Waals surface area contributed by atoms with Gasteiger partial charge in [0.1, 0.15) is 6.61 Å². The third kappa shape index (κ3) is 4.04. The van der Waals surface area contributed by atoms with Crippen molar-refractivity contribution in [3.05, 3.63) is 58.4 Å². The fraction of sp³-hybridized carbons (Fsp3) is 0.462. The van der Waals surface area contributed by atoms with E-state index in [0.29, 0.717) is 24.6 Å². The molecule has 1 fully saturated rings. The highest BCUT2D eigenvalue weighted by Gasteiger charge is 2.26. The van der Waals surface area contributed by atoms with Crippen LogP contribution in [-0.4, -0.2) is 47.7 Å². The molecular formula is C26H31ClN4O. The summed E-state index contributed by atoms with van der Waals surface area (Å²) in [7, 11) is 2.17. The van der Waals surface area contributed by atoms with Gasteiger partial charge in [-0.1, -0.05) is 49.7 Å². The van der Waals surface area contributed by atoms with Gasteiger partial charge in [-0.3, -0.25) is 0 Å². The Morgan fingerprint density at radius 1 is 1.12 bits per heavy atom. The molecule has 0 bridgehead atoms. The summed E-state index contributed by atoms with van der Waals surface area (Å²) in [4.78, 5) is 14.5. The second-order valence-corrected chi connectivity index (χ2v) is 9.75. The van der Waals surface area contributed by atoms with Crippen LogP contribution in [0, 0.1) is 0 Å². The Hall–Kier alpha value is -2.37. The molecule has 2 aliphatic heterocycles. The van der Waals surface area contributed by atoms with Crippen molar-refractivity contribution in [2.45, 2.75) is 51.6 Å². The van der Waals surface area contributed by atoms with Crippen molar-refractivity contribution >= 4 is 28.1 Å². The van der Waals surface area contributed by atoms with Gasteiger partial charge in [0, 0.05) is 23.7 Å². The fourth-order valence-corrected chi connectivity index (χ4v) is 5.36. The maximum Gasteiger partial charge on any atom is 0.316 e. The molecule has 1 aromatic heterocycles. The van der Waals surface area contributed by atoms with E-state index in [1.54, 1.807) is 0 Å². The molecule has 6 heteroatoms. The number of aromatic nitrogens is 2. The van der Waals surface area contributed by atoms with Crippen LogP contribution in [-0.2, 0) is 13.0 Å². The zero-order chi connectivity index (χ0) is 22.2. The quantitative estimate of drug-likeness (QED) is 0.517. The molecule has 0 spiro atoms. The maximum absolute atomic E-state index is 6.61. The van der Waals surface area contributed by atoms with Gasteiger partial charge in [0.25, 0.3) is 0 Å². The van der Waals surface area contributed by atoms with E-state index in [9.17, 15) is 0 Å². The van der Waals surface area contributed by atoms with Gasteiger partial charge in [0.2, 0.25) is 0 Å². The molecule has 2 aliphatic rings. The van der Waals surface area contributed by atoms with Crippen molar-refractivity contribution in [2.75, 3.05) is 31.6 Å². The highest BCUT2D eigenvalue weighted by atomic mass is 35.5. The number of halogens is 1. The van der Waals surface area contributed by atoms with Crippen LogP contribution in [0.2, 0.25) is 5.02 Å². The van der Waals surface area contributed by atoms with Gasteiger partial charge in [-0.25, -0.2) is 0 Å². The highest BCUT2D eigenvalue weighted by molar-refractivity contribution is 6.36. The Balaban J connectivity index is 1.46. The molecule has 1 atom stereocenters. The van der Waals surface area contributed by atoms with Gasteiger partial charge in [0.15, 0.2) is 0 Å². The van der Waals surface area contributed by atoms with E-state index in [1.165, 1.54) is 24.1 Å². The molecule has 3 aromatic rings. The summed E-state index contributed by atoms with van der Waals surface area (Å²) in [6.45, 7) is 7.85. The van der Waals surface area contributed by atoms with E-state index >= 15 is 0 Å². The fourth-order valence-electron chi connectivity index (χ4n) is 5.08. The zero-order valence-corrected chi connectivity index (χ0v) is 19.9. The minimum atomic E-state index is 0.335. The highest BCUT2D eigenvalue weighted by Crippen LogP contribution is 2.36. The molecule has 1 saturated heterocycles. The van der Waals surface area contributed by atoms with Gasteiger partial charge < -0.3 is 14.5 Å². The SMILES string of the molecule is CC(C)c1nc(OCC2CCCN2C)nc2c1CCN(c1cccc3cccc(Cl)c13)C2. The molecule has 1 unspecified atom stereocenters. The summed E-state index contributed by atoms with van der Waals surface area (Å²) in [5, 5.41) is 3.06. The first-order chi connectivity index (χ1) is 15.5. The third-order valence-electron chi connectivity index (χ3n) is 6.87. The Labute approximate surface area is 195 Å². The number of hydrogen-bond acceptors (Lipinski definition) is 5. The van der Waals surface area contributed by atoms with Crippen LogP contribution in [0.3, 0.4) is 0 Å².